The van der Waals surface area contributed by atoms with E-state index in [1.165, 1.54) is 26.0 Å². The number of aryl methyl sites for hydroxylation is 2. The molecule has 0 spiro atoms. The molecule has 5 nitrogen and oxygen atoms in total. The molecule has 0 aliphatic heterocycles. The number of rotatable bonds is 10. The summed E-state index contributed by atoms with van der Waals surface area (Å²) in [5.41, 5.74) is 2.26. The average molecular weight is 559 g/mol. The molecule has 0 radical (unpaired) electrons. The van der Waals surface area contributed by atoms with E-state index < -0.39 is 21.8 Å². The van der Waals surface area contributed by atoms with E-state index in [-0.39, 0.29) is 24.2 Å². The van der Waals surface area contributed by atoms with Crippen LogP contribution in [0.3, 0.4) is 0 Å². The van der Waals surface area contributed by atoms with Gasteiger partial charge in [-0.2, -0.15) is 13.2 Å². The zero-order valence-electron chi connectivity index (χ0n) is 22.2. The molecule has 9 heteroatoms. The number of hydrogen-bond donors (Lipinski definition) is 0. The van der Waals surface area contributed by atoms with Crippen LogP contribution in [0.4, 0.5) is 18.9 Å². The van der Waals surface area contributed by atoms with Gasteiger partial charge in [-0.1, -0.05) is 62.1 Å². The van der Waals surface area contributed by atoms with Crippen LogP contribution in [0.25, 0.3) is 0 Å². The maximum Gasteiger partial charge on any atom is 0.418 e. The second-order valence-corrected chi connectivity index (χ2v) is 12.4. The van der Waals surface area contributed by atoms with Gasteiger partial charge < -0.3 is 0 Å². The summed E-state index contributed by atoms with van der Waals surface area (Å²) in [6, 6.07) is 15.5. The van der Waals surface area contributed by atoms with Crippen LogP contribution in [-0.4, -0.2) is 32.5 Å². The fraction of sp³-hybridized carbons (Fsp3) is 0.400. The summed E-state index contributed by atoms with van der Waals surface area (Å²) in [6.07, 6.45) is 2.97. The molecule has 1 aliphatic rings. The predicted molar refractivity (Wildman–Crippen MR) is 146 cm³/mol. The smallest absolute Gasteiger partial charge is 0.294 e. The molecule has 1 aromatic heterocycles. The van der Waals surface area contributed by atoms with Crippen LogP contribution in [-0.2, 0) is 35.5 Å². The highest BCUT2D eigenvalue weighted by Gasteiger charge is 2.34. The fourth-order valence-corrected chi connectivity index (χ4v) is 5.78. The Balaban J connectivity index is 1.55. The van der Waals surface area contributed by atoms with E-state index in [9.17, 15) is 26.4 Å². The Kier molecular flexibility index (Phi) is 8.79. The number of carbonyl (C=O) groups is 1. The van der Waals surface area contributed by atoms with Gasteiger partial charge in [-0.25, -0.2) is 8.42 Å². The molecule has 0 saturated heterocycles. The van der Waals surface area contributed by atoms with Gasteiger partial charge in [0.25, 0.3) is 0 Å². The Morgan fingerprint density at radius 3 is 2.38 bits per heavy atom. The van der Waals surface area contributed by atoms with Gasteiger partial charge in [-0.3, -0.25) is 14.1 Å². The van der Waals surface area contributed by atoms with Crippen LogP contribution in [0.2, 0.25) is 0 Å². The van der Waals surface area contributed by atoms with E-state index in [1.807, 2.05) is 12.1 Å². The lowest BCUT2D eigenvalue weighted by molar-refractivity contribution is -0.138. The van der Waals surface area contributed by atoms with Crippen molar-refractivity contribution < 1.29 is 26.4 Å². The van der Waals surface area contributed by atoms with Gasteiger partial charge >= 0.3 is 6.18 Å². The molecule has 208 valence electrons. The number of anilines is 1. The maximum atomic E-state index is 13.8. The van der Waals surface area contributed by atoms with Crippen LogP contribution >= 0.6 is 0 Å². The summed E-state index contributed by atoms with van der Waals surface area (Å²) >= 11 is 0. The molecule has 0 bridgehead atoms. The Hall–Kier alpha value is -3.20. The average Bonchev–Trinajstić information content (AvgIpc) is 3.39. The molecule has 39 heavy (non-hydrogen) atoms. The van der Waals surface area contributed by atoms with Crippen LogP contribution in [0.5, 0.6) is 0 Å². The number of aromatic nitrogens is 1. The van der Waals surface area contributed by atoms with E-state index in [1.54, 1.807) is 36.4 Å². The zero-order chi connectivity index (χ0) is 28.2. The largest absolute Gasteiger partial charge is 0.418 e. The van der Waals surface area contributed by atoms with Crippen molar-refractivity contribution in [1.29, 1.82) is 0 Å². The Morgan fingerprint density at radius 1 is 1.00 bits per heavy atom. The second-order valence-electron chi connectivity index (χ2n) is 10.3. The first kappa shape index (κ1) is 28.8. The number of nitrogens with zero attached hydrogens (tertiary/aromatic N) is 2. The first-order valence-electron chi connectivity index (χ1n) is 13.1. The van der Waals surface area contributed by atoms with Crippen LogP contribution in [0.1, 0.15) is 70.4 Å². The molecular weight excluding hydrogens is 525 g/mol. The van der Waals surface area contributed by atoms with E-state index in [0.717, 1.165) is 35.2 Å². The van der Waals surface area contributed by atoms with Crippen molar-refractivity contribution in [3.05, 3.63) is 94.3 Å². The summed E-state index contributed by atoms with van der Waals surface area (Å²) in [5.74, 6) is 0.533. The van der Waals surface area contributed by atoms with Crippen molar-refractivity contribution in [3.8, 4) is 0 Å². The van der Waals surface area contributed by atoms with Gasteiger partial charge in [0, 0.05) is 37.3 Å². The number of Topliss-reactive ketones (excluding diaryl/α,β-unsaturated/α-hetero) is 1. The standard InChI is InChI=1S/C30H33F3N2O3S/c1-35(39(2,37)38)28-13-6-5-11-23(28)14-15-24-19-26(34-20-27(24)30(31,32)33)17-22-10-7-12-25(16-22)29(36)18-21-8-3-4-9-21/h5-7,10-13,16,19-21H,3-4,8-9,14-15,17-18H2,1-2H3. The van der Waals surface area contributed by atoms with Crippen molar-refractivity contribution in [2.45, 2.75) is 57.5 Å². The lowest BCUT2D eigenvalue weighted by Crippen LogP contribution is -2.26. The normalized spacial score (nSPS) is 14.5. The van der Waals surface area contributed by atoms with Gasteiger partial charge in [-0.05, 0) is 53.6 Å². The Morgan fingerprint density at radius 2 is 1.69 bits per heavy atom. The zero-order valence-corrected chi connectivity index (χ0v) is 23.0. The lowest BCUT2D eigenvalue weighted by Gasteiger charge is -2.21. The topological polar surface area (TPSA) is 67.3 Å². The van der Waals surface area contributed by atoms with E-state index in [4.69, 9.17) is 0 Å². The molecule has 1 saturated carbocycles. The number of halogens is 3. The predicted octanol–water partition coefficient (Wildman–Crippen LogP) is 6.64. The Labute approximate surface area is 228 Å². The number of ketones is 1. The summed E-state index contributed by atoms with van der Waals surface area (Å²) in [4.78, 5) is 16.9. The summed E-state index contributed by atoms with van der Waals surface area (Å²) in [5, 5.41) is 0. The molecule has 1 aliphatic carbocycles. The molecule has 0 amide bonds. The quantitative estimate of drug-likeness (QED) is 0.262. The summed E-state index contributed by atoms with van der Waals surface area (Å²) in [6.45, 7) is 0. The summed E-state index contributed by atoms with van der Waals surface area (Å²) < 4.78 is 66.8. The van der Waals surface area contributed by atoms with Crippen molar-refractivity contribution in [3.63, 3.8) is 0 Å². The number of para-hydroxylation sites is 1. The van der Waals surface area contributed by atoms with Gasteiger partial charge in [-0.15, -0.1) is 0 Å². The molecule has 0 atom stereocenters. The fourth-order valence-electron chi connectivity index (χ4n) is 5.24. The first-order chi connectivity index (χ1) is 18.4. The number of benzene rings is 2. The summed E-state index contributed by atoms with van der Waals surface area (Å²) in [7, 11) is -2.11. The third-order valence-corrected chi connectivity index (χ3v) is 8.62. The monoisotopic (exact) mass is 558 g/mol. The number of carbonyl (C=O) groups excluding carboxylic acids is 1. The van der Waals surface area contributed by atoms with Crippen molar-refractivity contribution >= 4 is 21.5 Å². The van der Waals surface area contributed by atoms with E-state index in [0.29, 0.717) is 41.3 Å². The number of alkyl halides is 3. The van der Waals surface area contributed by atoms with Crippen molar-refractivity contribution in [2.24, 2.45) is 5.92 Å². The molecule has 0 N–H and O–H groups in total. The minimum Gasteiger partial charge on any atom is -0.294 e. The van der Waals surface area contributed by atoms with Crippen molar-refractivity contribution in [1.82, 2.24) is 4.98 Å². The van der Waals surface area contributed by atoms with Gasteiger partial charge in [0.05, 0.1) is 17.5 Å². The van der Waals surface area contributed by atoms with Crippen LogP contribution in [0.15, 0.2) is 60.8 Å². The number of hydrogen-bond acceptors (Lipinski definition) is 4. The maximum absolute atomic E-state index is 13.8. The number of pyridine rings is 1. The highest BCUT2D eigenvalue weighted by molar-refractivity contribution is 7.92. The van der Waals surface area contributed by atoms with E-state index >= 15 is 0 Å². The molecule has 3 aromatic rings. The molecule has 1 fully saturated rings. The Bertz CT molecular complexity index is 1430. The SMILES string of the molecule is CN(c1ccccc1CCc1cc(Cc2cccc(C(=O)CC3CCCC3)c2)ncc1C(F)(F)F)S(C)(=O)=O. The van der Waals surface area contributed by atoms with E-state index in [2.05, 4.69) is 4.98 Å². The van der Waals surface area contributed by atoms with Crippen molar-refractivity contribution in [2.75, 3.05) is 17.6 Å². The minimum atomic E-state index is -4.57. The van der Waals surface area contributed by atoms with Gasteiger partial charge in [0.15, 0.2) is 5.78 Å². The number of sulfonamides is 1. The minimum absolute atomic E-state index is 0.0545. The van der Waals surface area contributed by atoms with Crippen LogP contribution in [0, 0.1) is 5.92 Å². The second kappa shape index (κ2) is 11.9. The molecule has 4 rings (SSSR count). The van der Waals surface area contributed by atoms with Gasteiger partial charge in [0.1, 0.15) is 0 Å². The molecule has 2 aromatic carbocycles. The molecular formula is C30H33F3N2O3S. The highest BCUT2D eigenvalue weighted by atomic mass is 32.2. The third-order valence-electron chi connectivity index (χ3n) is 7.43. The van der Waals surface area contributed by atoms with Crippen LogP contribution < -0.4 is 4.31 Å². The molecule has 0 unspecified atom stereocenters. The lowest BCUT2D eigenvalue weighted by atomic mass is 9.95. The third kappa shape index (κ3) is 7.47. The van der Waals surface area contributed by atoms with Gasteiger partial charge in [0.2, 0.25) is 10.0 Å². The highest BCUT2D eigenvalue weighted by Crippen LogP contribution is 2.34. The first-order valence-corrected chi connectivity index (χ1v) is 15.0. The molecule has 1 heterocycles.